The standard InChI is InChI=1S/C14H13N3O3S.C6H4/c15-21(19,20)13-6-2-1-5-12(13)17-14(18)8-7-11-4-3-9-16-10-11;1-2-6-4-3-5(1)6/h1-10H,(H,17,18)(H2,15,19,20);1-4H. The molecule has 0 bridgehead atoms. The Labute approximate surface area is 157 Å². The number of carbonyl (C=O) groups is 1. The lowest BCUT2D eigenvalue weighted by molar-refractivity contribution is -0.111. The molecule has 1 aromatic carbocycles. The molecule has 6 nitrogen and oxygen atoms in total. The minimum absolute atomic E-state index is 0.131. The minimum atomic E-state index is -3.90. The van der Waals surface area contributed by atoms with E-state index in [1.165, 1.54) is 35.4 Å². The van der Waals surface area contributed by atoms with Crippen LogP contribution in [-0.4, -0.2) is 19.3 Å². The number of anilines is 1. The Morgan fingerprint density at radius 2 is 1.63 bits per heavy atom. The first-order chi connectivity index (χ1) is 12.9. The van der Waals surface area contributed by atoms with Gasteiger partial charge in [0.2, 0.25) is 15.9 Å². The SMILES string of the molecule is NS(=O)(=O)c1ccccc1NC(=O)C=Cc1cccnc1.c1cc2ccc1-2. The number of nitrogens with one attached hydrogen (secondary N) is 1. The van der Waals surface area contributed by atoms with Crippen molar-refractivity contribution in [1.29, 1.82) is 0 Å². The number of hydrogen-bond donors (Lipinski definition) is 2. The van der Waals surface area contributed by atoms with E-state index in [1.54, 1.807) is 36.7 Å². The van der Waals surface area contributed by atoms with Crippen molar-refractivity contribution in [2.45, 2.75) is 4.90 Å². The quantitative estimate of drug-likeness (QED) is 0.532. The van der Waals surface area contributed by atoms with Crippen molar-refractivity contribution in [3.05, 3.63) is 84.7 Å². The predicted octanol–water partition coefficient (Wildman–Crippen LogP) is 3.05. The molecule has 0 aliphatic heterocycles. The van der Waals surface area contributed by atoms with Crippen molar-refractivity contribution in [1.82, 2.24) is 4.98 Å². The van der Waals surface area contributed by atoms with Crippen LogP contribution in [0.3, 0.4) is 0 Å². The molecule has 27 heavy (non-hydrogen) atoms. The molecule has 1 aromatic heterocycles. The van der Waals surface area contributed by atoms with E-state index in [0.29, 0.717) is 0 Å². The van der Waals surface area contributed by atoms with Gasteiger partial charge in [-0.25, -0.2) is 13.6 Å². The number of fused-ring (bicyclic) bond motifs is 1. The van der Waals surface area contributed by atoms with Crippen molar-refractivity contribution < 1.29 is 13.2 Å². The van der Waals surface area contributed by atoms with Crippen LogP contribution in [0.4, 0.5) is 5.69 Å². The van der Waals surface area contributed by atoms with Crippen LogP contribution in [-0.2, 0) is 14.8 Å². The van der Waals surface area contributed by atoms with Crippen LogP contribution in [0, 0.1) is 0 Å². The molecule has 4 rings (SSSR count). The lowest BCUT2D eigenvalue weighted by Crippen LogP contribution is -2.17. The number of pyridine rings is 1. The van der Waals surface area contributed by atoms with Gasteiger partial charge in [0.05, 0.1) is 5.69 Å². The average Bonchev–Trinajstić information content (AvgIpc) is 2.64. The van der Waals surface area contributed by atoms with Crippen molar-refractivity contribution in [2.75, 3.05) is 5.32 Å². The molecule has 2 aliphatic carbocycles. The molecular formula is C20H17N3O3S. The maximum absolute atomic E-state index is 11.8. The van der Waals surface area contributed by atoms with Gasteiger partial charge in [-0.3, -0.25) is 9.78 Å². The van der Waals surface area contributed by atoms with Gasteiger partial charge >= 0.3 is 0 Å². The number of carbonyl (C=O) groups excluding carboxylic acids is 1. The maximum Gasteiger partial charge on any atom is 0.248 e. The van der Waals surface area contributed by atoms with Crippen LogP contribution in [0.2, 0.25) is 0 Å². The summed E-state index contributed by atoms with van der Waals surface area (Å²) in [6.45, 7) is 0. The van der Waals surface area contributed by atoms with Crippen molar-refractivity contribution in [2.24, 2.45) is 5.14 Å². The molecule has 0 radical (unpaired) electrons. The second-order valence-electron chi connectivity index (χ2n) is 5.73. The van der Waals surface area contributed by atoms with E-state index in [1.807, 2.05) is 0 Å². The molecule has 0 atom stereocenters. The Hall–Kier alpha value is -3.29. The largest absolute Gasteiger partial charge is 0.321 e. The van der Waals surface area contributed by atoms with E-state index in [2.05, 4.69) is 34.6 Å². The van der Waals surface area contributed by atoms with Crippen LogP contribution in [0.1, 0.15) is 5.56 Å². The highest BCUT2D eigenvalue weighted by Gasteiger charge is 2.14. The number of aromatic nitrogens is 1. The molecule has 2 aliphatic rings. The van der Waals surface area contributed by atoms with Crippen LogP contribution in [0.15, 0.2) is 84.0 Å². The van der Waals surface area contributed by atoms with E-state index in [4.69, 9.17) is 5.14 Å². The predicted molar refractivity (Wildman–Crippen MR) is 105 cm³/mol. The zero-order valence-corrected chi connectivity index (χ0v) is 15.1. The van der Waals surface area contributed by atoms with Gasteiger partial charge < -0.3 is 5.32 Å². The summed E-state index contributed by atoms with van der Waals surface area (Å²) in [6, 6.07) is 17.9. The van der Waals surface area contributed by atoms with Crippen LogP contribution in [0.25, 0.3) is 17.2 Å². The van der Waals surface area contributed by atoms with Gasteiger partial charge in [-0.1, -0.05) is 42.5 Å². The molecule has 1 heterocycles. The second kappa shape index (κ2) is 7.94. The first kappa shape index (κ1) is 18.5. The fourth-order valence-corrected chi connectivity index (χ4v) is 3.00. The lowest BCUT2D eigenvalue weighted by atomic mass is 9.95. The number of rotatable bonds is 4. The van der Waals surface area contributed by atoms with Gasteiger partial charge in [-0.15, -0.1) is 0 Å². The van der Waals surface area contributed by atoms with E-state index >= 15 is 0 Å². The molecule has 2 aromatic rings. The Morgan fingerprint density at radius 3 is 2.15 bits per heavy atom. The fraction of sp³-hybridized carbons (Fsp3) is 0. The number of benzene rings is 2. The van der Waals surface area contributed by atoms with Crippen molar-refractivity contribution >= 4 is 27.7 Å². The van der Waals surface area contributed by atoms with E-state index in [-0.39, 0.29) is 10.6 Å². The van der Waals surface area contributed by atoms with Crippen LogP contribution < -0.4 is 10.5 Å². The van der Waals surface area contributed by atoms with Gasteiger partial charge in [-0.05, 0) is 41.0 Å². The number of primary sulfonamides is 1. The summed E-state index contributed by atoms with van der Waals surface area (Å²) in [4.78, 5) is 15.6. The zero-order valence-electron chi connectivity index (χ0n) is 14.2. The smallest absolute Gasteiger partial charge is 0.248 e. The lowest BCUT2D eigenvalue weighted by Gasteiger charge is -2.10. The van der Waals surface area contributed by atoms with Gasteiger partial charge in [0, 0.05) is 18.5 Å². The van der Waals surface area contributed by atoms with Crippen LogP contribution >= 0.6 is 0 Å². The van der Waals surface area contributed by atoms with Crippen molar-refractivity contribution in [3.8, 4) is 11.1 Å². The molecule has 3 N–H and O–H groups in total. The second-order valence-corrected chi connectivity index (χ2v) is 7.26. The number of hydrogen-bond acceptors (Lipinski definition) is 4. The summed E-state index contributed by atoms with van der Waals surface area (Å²) in [7, 11) is -3.90. The topological polar surface area (TPSA) is 102 Å². The third-order valence-corrected chi connectivity index (χ3v) is 4.75. The van der Waals surface area contributed by atoms with Crippen molar-refractivity contribution in [3.63, 3.8) is 0 Å². The summed E-state index contributed by atoms with van der Waals surface area (Å²) >= 11 is 0. The maximum atomic E-state index is 11.8. The fourth-order valence-electron chi connectivity index (χ4n) is 2.30. The molecule has 1 amide bonds. The zero-order chi connectivity index (χ0) is 19.3. The summed E-state index contributed by atoms with van der Waals surface area (Å²) in [5, 5.41) is 7.57. The summed E-state index contributed by atoms with van der Waals surface area (Å²) in [6.07, 6.45) is 6.08. The monoisotopic (exact) mass is 379 g/mol. The van der Waals surface area contributed by atoms with E-state index < -0.39 is 15.9 Å². The number of sulfonamides is 1. The third-order valence-electron chi connectivity index (χ3n) is 3.78. The first-order valence-corrected chi connectivity index (χ1v) is 9.59. The molecule has 0 unspecified atom stereocenters. The summed E-state index contributed by atoms with van der Waals surface area (Å²) in [5.74, 6) is -0.463. The molecule has 0 saturated heterocycles. The average molecular weight is 379 g/mol. The molecule has 0 fully saturated rings. The molecule has 0 saturated carbocycles. The van der Waals surface area contributed by atoms with Gasteiger partial charge in [-0.2, -0.15) is 0 Å². The van der Waals surface area contributed by atoms with Gasteiger partial charge in [0.1, 0.15) is 4.90 Å². The first-order valence-electron chi connectivity index (χ1n) is 8.05. The number of nitrogens with two attached hydrogens (primary N) is 1. The number of amides is 1. The van der Waals surface area contributed by atoms with Gasteiger partial charge in [0.25, 0.3) is 0 Å². The minimum Gasteiger partial charge on any atom is -0.321 e. The Morgan fingerprint density at radius 1 is 0.963 bits per heavy atom. The summed E-state index contributed by atoms with van der Waals surface area (Å²) in [5.41, 5.74) is 3.75. The Balaban J connectivity index is 0.000000290. The number of nitrogens with zero attached hydrogens (tertiary/aromatic N) is 1. The third kappa shape index (κ3) is 4.87. The molecule has 136 valence electrons. The molecule has 0 spiro atoms. The highest BCUT2D eigenvalue weighted by molar-refractivity contribution is 7.89. The highest BCUT2D eigenvalue weighted by Crippen LogP contribution is 2.29. The van der Waals surface area contributed by atoms with Gasteiger partial charge in [0.15, 0.2) is 0 Å². The van der Waals surface area contributed by atoms with E-state index in [9.17, 15) is 13.2 Å². The highest BCUT2D eigenvalue weighted by atomic mass is 32.2. The Bertz CT molecular complexity index is 1060. The summed E-state index contributed by atoms with van der Waals surface area (Å²) < 4.78 is 22.8. The molecule has 7 heteroatoms. The number of para-hydroxylation sites is 1. The van der Waals surface area contributed by atoms with Crippen LogP contribution in [0.5, 0.6) is 0 Å². The van der Waals surface area contributed by atoms with E-state index in [0.717, 1.165) is 5.56 Å². The Kier molecular flexibility index (Phi) is 5.44. The normalized spacial score (nSPS) is 11.4. The molecular weight excluding hydrogens is 362 g/mol.